The number of H-pyrrole nitrogens is 1. The average molecular weight is 413 g/mol. The molecule has 5 rings (SSSR count). The van der Waals surface area contributed by atoms with Gasteiger partial charge in [-0.1, -0.05) is 48.5 Å². The summed E-state index contributed by atoms with van der Waals surface area (Å²) >= 11 is 1.44. The number of nitro benzene ring substituents is 1. The Morgan fingerprint density at radius 2 is 1.77 bits per heavy atom. The van der Waals surface area contributed by atoms with E-state index in [1.165, 1.54) is 23.5 Å². The first kappa shape index (κ1) is 18.2. The first-order chi connectivity index (χ1) is 14.6. The fourth-order valence-corrected chi connectivity index (χ4v) is 4.54. The molecular formula is C23H15N3O3S. The maximum atomic E-state index is 12.9. The molecule has 0 amide bonds. The van der Waals surface area contributed by atoms with Crippen LogP contribution < -0.4 is 5.56 Å². The highest BCUT2D eigenvalue weighted by Crippen LogP contribution is 2.32. The van der Waals surface area contributed by atoms with Crippen molar-refractivity contribution in [2.24, 2.45) is 0 Å². The van der Waals surface area contributed by atoms with Gasteiger partial charge in [0.1, 0.15) is 10.7 Å². The van der Waals surface area contributed by atoms with Gasteiger partial charge < -0.3 is 4.98 Å². The van der Waals surface area contributed by atoms with E-state index in [1.54, 1.807) is 12.1 Å². The quantitative estimate of drug-likeness (QED) is 0.320. The number of fused-ring (bicyclic) bond motifs is 2. The van der Waals surface area contributed by atoms with E-state index in [2.05, 4.69) is 34.2 Å². The fourth-order valence-electron chi connectivity index (χ4n) is 3.58. The van der Waals surface area contributed by atoms with Crippen LogP contribution in [-0.4, -0.2) is 14.9 Å². The Bertz CT molecular complexity index is 1470. The molecule has 0 aliphatic carbocycles. The Labute approximate surface area is 174 Å². The summed E-state index contributed by atoms with van der Waals surface area (Å²) in [6.45, 7) is 0. The molecule has 0 spiro atoms. The molecule has 6 nitrogen and oxygen atoms in total. The zero-order valence-electron chi connectivity index (χ0n) is 15.7. The predicted molar refractivity (Wildman–Crippen MR) is 119 cm³/mol. The first-order valence-electron chi connectivity index (χ1n) is 9.31. The maximum Gasteiger partial charge on any atom is 0.269 e. The van der Waals surface area contributed by atoms with Crippen molar-refractivity contribution in [2.45, 2.75) is 6.42 Å². The maximum absolute atomic E-state index is 12.9. The monoisotopic (exact) mass is 413 g/mol. The van der Waals surface area contributed by atoms with Crippen LogP contribution in [0.4, 0.5) is 5.69 Å². The number of non-ortho nitro benzene ring substituents is 1. The molecule has 0 atom stereocenters. The molecule has 1 N–H and O–H groups in total. The number of rotatable bonds is 4. The van der Waals surface area contributed by atoms with Crippen molar-refractivity contribution in [2.75, 3.05) is 0 Å². The van der Waals surface area contributed by atoms with E-state index in [4.69, 9.17) is 0 Å². The van der Waals surface area contributed by atoms with Gasteiger partial charge in [-0.15, -0.1) is 11.3 Å². The lowest BCUT2D eigenvalue weighted by molar-refractivity contribution is -0.384. The zero-order valence-corrected chi connectivity index (χ0v) is 16.5. The Morgan fingerprint density at radius 1 is 1.00 bits per heavy atom. The van der Waals surface area contributed by atoms with Crippen molar-refractivity contribution < 1.29 is 4.92 Å². The van der Waals surface area contributed by atoms with E-state index < -0.39 is 4.92 Å². The molecule has 3 aromatic carbocycles. The van der Waals surface area contributed by atoms with Crippen molar-refractivity contribution in [3.8, 4) is 11.1 Å². The lowest BCUT2D eigenvalue weighted by Gasteiger charge is -2.04. The van der Waals surface area contributed by atoms with Gasteiger partial charge in [-0.25, -0.2) is 4.98 Å². The Hall–Kier alpha value is -3.84. The molecule has 2 heterocycles. The van der Waals surface area contributed by atoms with Gasteiger partial charge >= 0.3 is 0 Å². The van der Waals surface area contributed by atoms with Gasteiger partial charge in [0.2, 0.25) is 0 Å². The van der Waals surface area contributed by atoms with Crippen LogP contribution in [0.1, 0.15) is 11.4 Å². The minimum atomic E-state index is -0.435. The predicted octanol–water partition coefficient (Wildman–Crippen LogP) is 5.30. The van der Waals surface area contributed by atoms with Gasteiger partial charge in [-0.3, -0.25) is 14.9 Å². The number of nitrogens with one attached hydrogen (secondary N) is 1. The molecule has 0 unspecified atom stereocenters. The molecule has 5 aromatic rings. The second-order valence-corrected chi connectivity index (χ2v) is 7.86. The number of hydrogen-bond donors (Lipinski definition) is 1. The molecule has 0 aliphatic rings. The van der Waals surface area contributed by atoms with E-state index in [1.807, 2.05) is 23.6 Å². The lowest BCUT2D eigenvalue weighted by atomic mass is 10.0. The van der Waals surface area contributed by atoms with Crippen LogP contribution in [0.25, 0.3) is 32.1 Å². The fraction of sp³-hybridized carbons (Fsp3) is 0.0435. The van der Waals surface area contributed by atoms with Crippen LogP contribution in [0, 0.1) is 10.1 Å². The van der Waals surface area contributed by atoms with Gasteiger partial charge in [0.25, 0.3) is 11.2 Å². The van der Waals surface area contributed by atoms with Gasteiger partial charge in [0.15, 0.2) is 0 Å². The van der Waals surface area contributed by atoms with Gasteiger partial charge in [0, 0.05) is 29.5 Å². The summed E-state index contributed by atoms with van der Waals surface area (Å²) in [5.41, 5.74) is 2.55. The number of thiophene rings is 1. The molecule has 2 aromatic heterocycles. The van der Waals surface area contributed by atoms with Gasteiger partial charge in [0.05, 0.1) is 10.3 Å². The number of hydrogen-bond acceptors (Lipinski definition) is 5. The molecule has 0 radical (unpaired) electrons. The van der Waals surface area contributed by atoms with Crippen molar-refractivity contribution in [3.05, 3.63) is 104 Å². The minimum absolute atomic E-state index is 0.0361. The molecular weight excluding hydrogens is 398 g/mol. The molecule has 0 bridgehead atoms. The van der Waals surface area contributed by atoms with Gasteiger partial charge in [-0.2, -0.15) is 0 Å². The second kappa shape index (κ2) is 7.20. The van der Waals surface area contributed by atoms with Crippen LogP contribution in [0.15, 0.2) is 76.9 Å². The second-order valence-electron chi connectivity index (χ2n) is 7.00. The number of nitrogens with zero attached hydrogens (tertiary/aromatic N) is 2. The smallest absolute Gasteiger partial charge is 0.269 e. The van der Waals surface area contributed by atoms with E-state index in [0.717, 1.165) is 27.5 Å². The standard InChI is InChI=1S/C23H15N3O3S/c27-22-21-19(17-8-7-15-3-1-2-4-16(15)12-17)13-30-23(21)25-20(24-22)11-14-5-9-18(10-6-14)26(28)29/h1-10,12-13H,11H2,(H,24,25,27). The number of benzene rings is 3. The highest BCUT2D eigenvalue weighted by molar-refractivity contribution is 7.17. The molecule has 7 heteroatoms. The van der Waals surface area contributed by atoms with E-state index >= 15 is 0 Å². The third-order valence-electron chi connectivity index (χ3n) is 5.07. The van der Waals surface area contributed by atoms with Crippen molar-refractivity contribution in [3.63, 3.8) is 0 Å². The van der Waals surface area contributed by atoms with Crippen LogP contribution >= 0.6 is 11.3 Å². The van der Waals surface area contributed by atoms with Crippen LogP contribution in [-0.2, 0) is 6.42 Å². The topological polar surface area (TPSA) is 88.9 Å². The minimum Gasteiger partial charge on any atom is -0.310 e. The summed E-state index contributed by atoms with van der Waals surface area (Å²) in [4.78, 5) is 31.4. The van der Waals surface area contributed by atoms with Crippen molar-refractivity contribution >= 4 is 38.0 Å². The Balaban J connectivity index is 1.52. The molecule has 0 saturated heterocycles. The Kier molecular flexibility index (Phi) is 4.37. The van der Waals surface area contributed by atoms with Crippen molar-refractivity contribution in [1.82, 2.24) is 9.97 Å². The van der Waals surface area contributed by atoms with Crippen LogP contribution in [0.5, 0.6) is 0 Å². The summed E-state index contributed by atoms with van der Waals surface area (Å²) in [5.74, 6) is 0.535. The van der Waals surface area contributed by atoms with E-state index in [-0.39, 0.29) is 11.2 Å². The zero-order chi connectivity index (χ0) is 20.7. The first-order valence-corrected chi connectivity index (χ1v) is 10.2. The SMILES string of the molecule is O=c1[nH]c(Cc2ccc([N+](=O)[O-])cc2)nc2scc(-c3ccc4ccccc4c3)c12. The molecule has 0 saturated carbocycles. The molecule has 30 heavy (non-hydrogen) atoms. The van der Waals surface area contributed by atoms with E-state index in [9.17, 15) is 14.9 Å². The summed E-state index contributed by atoms with van der Waals surface area (Å²) in [6, 6.07) is 20.5. The number of aromatic amines is 1. The van der Waals surface area contributed by atoms with E-state index in [0.29, 0.717) is 22.5 Å². The highest BCUT2D eigenvalue weighted by atomic mass is 32.1. The van der Waals surface area contributed by atoms with Crippen LogP contribution in [0.2, 0.25) is 0 Å². The highest BCUT2D eigenvalue weighted by Gasteiger charge is 2.14. The van der Waals surface area contributed by atoms with Crippen LogP contribution in [0.3, 0.4) is 0 Å². The molecule has 146 valence electrons. The summed E-state index contributed by atoms with van der Waals surface area (Å²) < 4.78 is 0. The summed E-state index contributed by atoms with van der Waals surface area (Å²) in [7, 11) is 0. The number of aromatic nitrogens is 2. The third-order valence-corrected chi connectivity index (χ3v) is 5.94. The normalized spacial score (nSPS) is 11.2. The summed E-state index contributed by atoms with van der Waals surface area (Å²) in [6.07, 6.45) is 0.395. The lowest BCUT2D eigenvalue weighted by Crippen LogP contribution is -2.11. The molecule has 0 aliphatic heterocycles. The summed E-state index contributed by atoms with van der Waals surface area (Å²) in [5, 5.41) is 15.6. The number of nitro groups is 1. The average Bonchev–Trinajstić information content (AvgIpc) is 3.18. The van der Waals surface area contributed by atoms with Crippen molar-refractivity contribution in [1.29, 1.82) is 0 Å². The van der Waals surface area contributed by atoms with Gasteiger partial charge in [-0.05, 0) is 28.0 Å². The molecule has 0 fully saturated rings. The Morgan fingerprint density at radius 3 is 2.53 bits per heavy atom. The largest absolute Gasteiger partial charge is 0.310 e. The third kappa shape index (κ3) is 3.25.